The van der Waals surface area contributed by atoms with Crippen LogP contribution in [0.15, 0.2) is 42.4 Å². The maximum Gasteiger partial charge on any atom is 0.349 e. The lowest BCUT2D eigenvalue weighted by Gasteiger charge is -2.29. The third-order valence-corrected chi connectivity index (χ3v) is 5.43. The number of hydrogen-bond donors (Lipinski definition) is 2. The molecule has 2 aliphatic heterocycles. The lowest BCUT2D eigenvalue weighted by atomic mass is 10.0. The summed E-state index contributed by atoms with van der Waals surface area (Å²) in [5, 5.41) is 1.97. The predicted molar refractivity (Wildman–Crippen MR) is 110 cm³/mol. The molecule has 2 atom stereocenters. The smallest absolute Gasteiger partial charge is 0.346 e. The van der Waals surface area contributed by atoms with Gasteiger partial charge < -0.3 is 10.2 Å². The fourth-order valence-corrected chi connectivity index (χ4v) is 3.63. The van der Waals surface area contributed by atoms with Gasteiger partial charge in [-0.1, -0.05) is 35.8 Å². The van der Waals surface area contributed by atoms with Crippen LogP contribution in [-0.2, 0) is 33.4 Å². The van der Waals surface area contributed by atoms with E-state index in [4.69, 9.17) is 17.1 Å². The minimum atomic E-state index is -4.19. The molecule has 4 rings (SSSR count). The van der Waals surface area contributed by atoms with Gasteiger partial charge in [-0.05, 0) is 35.7 Å². The molecular weight excluding hydrogens is 444 g/mol. The first kappa shape index (κ1) is 17.3. The number of carbonyl (C=O) groups is 4. The molecule has 0 spiro atoms. The van der Waals surface area contributed by atoms with Crippen LogP contribution in [0, 0.1) is 0 Å². The average molecular weight is 466 g/mol. The number of alkyl halides is 2. The van der Waals surface area contributed by atoms with Gasteiger partial charge in [-0.25, -0.2) is 0 Å². The Morgan fingerprint density at radius 3 is 2.72 bits per heavy atom. The Hall–Kier alpha value is -3.33. The van der Waals surface area contributed by atoms with E-state index in [1.54, 1.807) is 0 Å². The lowest BCUT2D eigenvalue weighted by molar-refractivity contribution is -0.147. The zero-order chi connectivity index (χ0) is 26.5. The largest absolute Gasteiger partial charge is 0.349 e. The third-order valence-electron chi connectivity index (χ3n) is 5.18. The maximum absolute atomic E-state index is 14.8. The van der Waals surface area contributed by atoms with Crippen molar-refractivity contribution in [2.24, 2.45) is 0 Å². The van der Waals surface area contributed by atoms with E-state index >= 15 is 0 Å². The van der Waals surface area contributed by atoms with Crippen molar-refractivity contribution in [3.05, 3.63) is 69.7 Å². The van der Waals surface area contributed by atoms with Gasteiger partial charge in [0.2, 0.25) is 11.8 Å². The number of hydrogen-bond acceptors (Lipinski definition) is 4. The zero-order valence-corrected chi connectivity index (χ0v) is 17.1. The molecule has 0 aromatic heterocycles. The molecule has 10 heteroatoms. The Morgan fingerprint density at radius 1 is 1.31 bits per heavy atom. The van der Waals surface area contributed by atoms with Crippen LogP contribution >= 0.6 is 11.6 Å². The maximum atomic E-state index is 14.8. The molecule has 1 fully saturated rings. The number of benzene rings is 2. The summed E-state index contributed by atoms with van der Waals surface area (Å²) in [5.41, 5.74) is -1.34. The van der Waals surface area contributed by atoms with Gasteiger partial charge in [-0.2, -0.15) is 8.78 Å². The normalized spacial score (nSPS) is 21.2. The summed E-state index contributed by atoms with van der Waals surface area (Å²) in [6, 6.07) is 3.01. The Labute approximate surface area is 192 Å². The van der Waals surface area contributed by atoms with Gasteiger partial charge in [0.25, 0.3) is 11.8 Å². The quantitative estimate of drug-likeness (QED) is 0.663. The number of nitrogens with zero attached hydrogens (tertiary/aromatic N) is 1. The highest BCUT2D eigenvalue weighted by atomic mass is 35.5. The Kier molecular flexibility index (Phi) is 4.48. The molecule has 2 heterocycles. The number of amides is 4. The SMILES string of the molecule is [2H]c1cc2c(c([2H])c1C([2H])N([2H])C(=O)C(F)(F)c1ccc(Cl)cc1)CN(C1CCC(=O)NC1=O)C2=O. The second kappa shape index (κ2) is 8.31. The van der Waals surface area contributed by atoms with E-state index in [2.05, 4.69) is 5.32 Å². The van der Waals surface area contributed by atoms with Crippen molar-refractivity contribution in [1.29, 1.82) is 0 Å². The van der Waals surface area contributed by atoms with Gasteiger partial charge >= 0.3 is 5.92 Å². The number of imide groups is 1. The van der Waals surface area contributed by atoms with Crippen LogP contribution in [0.2, 0.25) is 6.43 Å². The molecule has 2 aliphatic rings. The number of carbonyl (C=O) groups excluding carboxylic acids is 4. The molecule has 2 unspecified atom stereocenters. The van der Waals surface area contributed by atoms with Crippen LogP contribution < -0.4 is 10.6 Å². The van der Waals surface area contributed by atoms with Crippen LogP contribution in [-0.4, -0.2) is 34.6 Å². The van der Waals surface area contributed by atoms with Gasteiger partial charge in [0.05, 0.1) is 4.11 Å². The molecule has 32 heavy (non-hydrogen) atoms. The van der Waals surface area contributed by atoms with E-state index in [1.807, 2.05) is 0 Å². The van der Waals surface area contributed by atoms with Crippen LogP contribution in [0.1, 0.15) is 44.0 Å². The van der Waals surface area contributed by atoms with E-state index in [0.717, 1.165) is 35.2 Å². The molecular formula is C22H18ClF2N3O4. The average Bonchev–Trinajstić information content (AvgIpc) is 3.14. The van der Waals surface area contributed by atoms with E-state index in [0.29, 0.717) is 0 Å². The summed E-state index contributed by atoms with van der Waals surface area (Å²) in [6.07, 6.45) is 0.0694. The third kappa shape index (κ3) is 4.08. The summed E-state index contributed by atoms with van der Waals surface area (Å²) in [7, 11) is 0. The van der Waals surface area contributed by atoms with Crippen molar-refractivity contribution in [3.63, 3.8) is 0 Å². The van der Waals surface area contributed by atoms with E-state index in [-0.39, 0.29) is 40.8 Å². The lowest BCUT2D eigenvalue weighted by Crippen LogP contribution is -2.52. The van der Waals surface area contributed by atoms with Crippen molar-refractivity contribution < 1.29 is 33.5 Å². The van der Waals surface area contributed by atoms with Crippen LogP contribution in [0.4, 0.5) is 8.78 Å². The summed E-state index contributed by atoms with van der Waals surface area (Å²) in [6.45, 7) is -2.44. The highest BCUT2D eigenvalue weighted by Gasteiger charge is 2.41. The van der Waals surface area contributed by atoms with Crippen LogP contribution in [0.3, 0.4) is 0 Å². The fraction of sp³-hybridized carbons (Fsp3) is 0.273. The first-order chi connectivity index (χ1) is 16.8. The van der Waals surface area contributed by atoms with Gasteiger partial charge in [0, 0.05) is 35.6 Å². The van der Waals surface area contributed by atoms with Crippen molar-refractivity contribution >= 4 is 35.2 Å². The van der Waals surface area contributed by atoms with Gasteiger partial charge in [0.15, 0.2) is 1.41 Å². The summed E-state index contributed by atoms with van der Waals surface area (Å²) in [4.78, 5) is 50.2. The van der Waals surface area contributed by atoms with Gasteiger partial charge in [-0.15, -0.1) is 0 Å². The summed E-state index contributed by atoms with van der Waals surface area (Å²) in [5.74, 6) is -8.07. The van der Waals surface area contributed by atoms with Crippen molar-refractivity contribution in [1.82, 2.24) is 15.5 Å². The Bertz CT molecular complexity index is 1300. The predicted octanol–water partition coefficient (Wildman–Crippen LogP) is 2.51. The number of nitrogens with one attached hydrogen (secondary N) is 2. The van der Waals surface area contributed by atoms with E-state index in [1.165, 1.54) is 0 Å². The molecule has 7 nitrogen and oxygen atoms in total. The second-order valence-electron chi connectivity index (χ2n) is 7.26. The Balaban J connectivity index is 1.63. The molecule has 0 radical (unpaired) electrons. The molecule has 166 valence electrons. The topological polar surface area (TPSA) is 95.6 Å². The van der Waals surface area contributed by atoms with Crippen LogP contribution in [0.5, 0.6) is 0 Å². The number of rotatable bonds is 5. The number of halogens is 3. The highest BCUT2D eigenvalue weighted by Crippen LogP contribution is 2.30. The van der Waals surface area contributed by atoms with Gasteiger partial charge in [0.1, 0.15) is 6.04 Å². The minimum Gasteiger partial charge on any atom is -0.346 e. The zero-order valence-electron chi connectivity index (χ0n) is 20.3. The highest BCUT2D eigenvalue weighted by molar-refractivity contribution is 6.30. The van der Waals surface area contributed by atoms with E-state index in [9.17, 15) is 28.0 Å². The molecule has 4 amide bonds. The molecule has 0 saturated carbocycles. The molecule has 2 aromatic carbocycles. The van der Waals surface area contributed by atoms with Crippen molar-refractivity contribution in [2.45, 2.75) is 37.9 Å². The molecule has 0 aliphatic carbocycles. The second-order valence-corrected chi connectivity index (χ2v) is 7.70. The molecule has 2 N–H and O–H groups in total. The van der Waals surface area contributed by atoms with Crippen molar-refractivity contribution in [3.8, 4) is 0 Å². The fourth-order valence-electron chi connectivity index (χ4n) is 3.50. The van der Waals surface area contributed by atoms with Crippen LogP contribution in [0.25, 0.3) is 0 Å². The van der Waals surface area contributed by atoms with Gasteiger partial charge in [-0.3, -0.25) is 24.5 Å². The first-order valence-electron chi connectivity index (χ1n) is 11.5. The number of piperidine rings is 1. The standard InChI is InChI=1S/C22H18ClF2N3O4/c23-15-4-2-14(3-5-15)22(24,25)21(32)26-10-12-1-6-16-13(9-12)11-28(20(16)31)17-7-8-18(29)27-19(17)30/h1-6,9,17H,7-8,10-11H2,(H,26,32)(H,27,29,30)/i1D,9D,10D/hD. The number of fused-ring (bicyclic) bond motifs is 1. The Morgan fingerprint density at radius 2 is 2.03 bits per heavy atom. The molecule has 2 aromatic rings. The van der Waals surface area contributed by atoms with Crippen molar-refractivity contribution in [2.75, 3.05) is 0 Å². The summed E-state index contributed by atoms with van der Waals surface area (Å²) >= 11 is 5.69. The first-order valence-corrected chi connectivity index (χ1v) is 9.88. The molecule has 0 bridgehead atoms. The molecule has 1 saturated heterocycles. The minimum absolute atomic E-state index is 0.00570. The monoisotopic (exact) mass is 465 g/mol. The van der Waals surface area contributed by atoms with E-state index < -0.39 is 65.3 Å². The summed E-state index contributed by atoms with van der Waals surface area (Å²) < 4.78 is 62.3.